The van der Waals surface area contributed by atoms with Gasteiger partial charge in [-0.2, -0.15) is 0 Å². The third kappa shape index (κ3) is 1260. The molecule has 0 heterocycles. The predicted molar refractivity (Wildman–Crippen MR) is 16.2 cm³/mol. The zero-order valence-electron chi connectivity index (χ0n) is 5.88. The standard InChI is InChI=1S/3CH2O3.2Ru/c3*2-1(3)4;;/h3*(H2,2,3,4);;/q;;;2*+3/p-6. The molecule has 0 saturated carbocycles. The smallest absolute Gasteiger partial charge is 0.652 e. The molecule has 0 atom stereocenters. The van der Waals surface area contributed by atoms with Gasteiger partial charge in [0.25, 0.3) is 0 Å². The van der Waals surface area contributed by atoms with Gasteiger partial charge in [0.2, 0.25) is 0 Å². The summed E-state index contributed by atoms with van der Waals surface area (Å²) in [6.07, 6.45) is -7.00. The third-order valence-corrected chi connectivity index (χ3v) is 0. The van der Waals surface area contributed by atoms with Crippen molar-refractivity contribution in [2.45, 2.75) is 0 Å². The molecule has 0 saturated heterocycles. The van der Waals surface area contributed by atoms with Gasteiger partial charge in [-0.05, 0) is 18.5 Å². The molecule has 0 fully saturated rings. The Hall–Kier alpha value is -0.943. The Morgan fingerprint density at radius 1 is 0.500 bits per heavy atom. The van der Waals surface area contributed by atoms with E-state index >= 15 is 0 Å². The van der Waals surface area contributed by atoms with Crippen LogP contribution in [0.15, 0.2) is 0 Å². The summed E-state index contributed by atoms with van der Waals surface area (Å²) in [4.78, 5) is 25.0. The van der Waals surface area contributed by atoms with Crippen LogP contribution < -0.4 is 30.6 Å². The largest absolute Gasteiger partial charge is 3.00 e. The fourth-order valence-corrected chi connectivity index (χ4v) is 0. The van der Waals surface area contributed by atoms with E-state index in [2.05, 4.69) is 0 Å². The number of rotatable bonds is 0. The van der Waals surface area contributed by atoms with E-state index < -0.39 is 18.5 Å². The van der Waals surface area contributed by atoms with E-state index in [1.807, 2.05) is 0 Å². The second kappa shape index (κ2) is 22.7. The van der Waals surface area contributed by atoms with Crippen molar-refractivity contribution < 1.29 is 84.0 Å². The molecule has 0 rings (SSSR count). The normalized spacial score (nSPS) is 5.14. The van der Waals surface area contributed by atoms with Gasteiger partial charge in [-0.3, -0.25) is 0 Å². The number of carbonyl (C=O) groups is 3. The first-order valence-electron chi connectivity index (χ1n) is 1.84. The summed E-state index contributed by atoms with van der Waals surface area (Å²) >= 11 is 0. The summed E-state index contributed by atoms with van der Waals surface area (Å²) < 4.78 is 0. The Morgan fingerprint density at radius 3 is 0.500 bits per heavy atom. The maximum atomic E-state index is 8.33. The van der Waals surface area contributed by atoms with Crippen molar-refractivity contribution in [3.63, 3.8) is 0 Å². The molecule has 0 aliphatic carbocycles. The first-order valence-corrected chi connectivity index (χ1v) is 1.84. The molecule has 11 heteroatoms. The van der Waals surface area contributed by atoms with Gasteiger partial charge in [-0.15, -0.1) is 0 Å². The van der Waals surface area contributed by atoms with Crippen LogP contribution in [0, 0.1) is 0 Å². The molecule has 0 aromatic heterocycles. The molecule has 2 radical (unpaired) electrons. The Bertz CT molecular complexity index is 116. The van der Waals surface area contributed by atoms with E-state index in [4.69, 9.17) is 45.0 Å². The van der Waals surface area contributed by atoms with Gasteiger partial charge < -0.3 is 45.0 Å². The average molecular weight is 382 g/mol. The Morgan fingerprint density at radius 2 is 0.500 bits per heavy atom. The van der Waals surface area contributed by atoms with Crippen LogP contribution in [-0.4, -0.2) is 18.5 Å². The number of carbonyl (C=O) groups excluding carboxylic acids is 3. The van der Waals surface area contributed by atoms with Gasteiger partial charge in [0.15, 0.2) is 0 Å². The second-order valence-corrected chi connectivity index (χ2v) is 0.750. The number of carboxylic acid groups (broad SMARTS) is 6. The van der Waals surface area contributed by atoms with Crippen molar-refractivity contribution >= 4 is 18.5 Å². The van der Waals surface area contributed by atoms with E-state index in [-0.39, 0.29) is 39.0 Å². The monoisotopic (exact) mass is 384 g/mol. The molecular formula is C3O9Ru2. The molecule has 0 spiro atoms. The van der Waals surface area contributed by atoms with E-state index in [9.17, 15) is 0 Å². The summed E-state index contributed by atoms with van der Waals surface area (Å²) in [5, 5.41) is 50.0. The molecular weight excluding hydrogens is 382 g/mol. The molecule has 0 bridgehead atoms. The maximum Gasteiger partial charge on any atom is 3.00 e. The fraction of sp³-hybridized carbons (Fsp3) is 0. The summed E-state index contributed by atoms with van der Waals surface area (Å²) in [6, 6.07) is 0. The van der Waals surface area contributed by atoms with Gasteiger partial charge in [0.05, 0.1) is 0 Å². The molecule has 14 heavy (non-hydrogen) atoms. The molecule has 0 aromatic rings. The Balaban J connectivity index is -0.0000000270. The van der Waals surface area contributed by atoms with Crippen LogP contribution in [0.25, 0.3) is 0 Å². The maximum absolute atomic E-state index is 8.33. The van der Waals surface area contributed by atoms with Crippen molar-refractivity contribution in [1.82, 2.24) is 0 Å². The number of hydrogen-bond acceptors (Lipinski definition) is 9. The second-order valence-electron chi connectivity index (χ2n) is 0.750. The SMILES string of the molecule is O=C([O-])[O-].O=C([O-])[O-].O=C([O-])[O-].[Ru+3].[Ru+3]. The van der Waals surface area contributed by atoms with Gasteiger partial charge in [0, 0.05) is 0 Å². The molecule has 0 aliphatic heterocycles. The van der Waals surface area contributed by atoms with Crippen LogP contribution in [0.4, 0.5) is 14.4 Å². The van der Waals surface area contributed by atoms with E-state index in [0.29, 0.717) is 0 Å². The fourth-order valence-electron chi connectivity index (χ4n) is 0. The van der Waals surface area contributed by atoms with Crippen LogP contribution in [0.2, 0.25) is 0 Å². The molecule has 0 N–H and O–H groups in total. The van der Waals surface area contributed by atoms with Gasteiger partial charge in [0.1, 0.15) is 0 Å². The first kappa shape index (κ1) is 29.2. The van der Waals surface area contributed by atoms with Crippen molar-refractivity contribution in [3.05, 3.63) is 0 Å². The minimum atomic E-state index is -2.33. The van der Waals surface area contributed by atoms with Crippen molar-refractivity contribution in [3.8, 4) is 0 Å². The van der Waals surface area contributed by atoms with Gasteiger partial charge >= 0.3 is 39.0 Å². The van der Waals surface area contributed by atoms with E-state index in [1.165, 1.54) is 0 Å². The molecule has 0 amide bonds. The van der Waals surface area contributed by atoms with E-state index in [1.54, 1.807) is 0 Å². The first-order chi connectivity index (χ1) is 5.20. The van der Waals surface area contributed by atoms with Crippen molar-refractivity contribution in [1.29, 1.82) is 0 Å². The zero-order chi connectivity index (χ0) is 10.7. The average Bonchev–Trinajstić information content (AvgIpc) is 1.54. The van der Waals surface area contributed by atoms with Crippen LogP contribution in [-0.2, 0) is 39.0 Å². The quantitative estimate of drug-likeness (QED) is 0.366. The molecule has 0 aromatic carbocycles. The van der Waals surface area contributed by atoms with E-state index in [0.717, 1.165) is 0 Å². The molecule has 82 valence electrons. The Labute approximate surface area is 102 Å². The molecule has 0 unspecified atom stereocenters. The van der Waals surface area contributed by atoms with Crippen molar-refractivity contribution in [2.24, 2.45) is 0 Å². The van der Waals surface area contributed by atoms with Crippen LogP contribution in [0.1, 0.15) is 0 Å². The number of hydrogen-bond donors (Lipinski definition) is 0. The summed E-state index contributed by atoms with van der Waals surface area (Å²) in [7, 11) is 0. The molecule has 9 nitrogen and oxygen atoms in total. The van der Waals surface area contributed by atoms with Crippen LogP contribution >= 0.6 is 0 Å². The third-order valence-electron chi connectivity index (χ3n) is 0. The summed E-state index contributed by atoms with van der Waals surface area (Å²) in [5.41, 5.74) is 0. The summed E-state index contributed by atoms with van der Waals surface area (Å²) in [6.45, 7) is 0. The minimum absolute atomic E-state index is 0. The summed E-state index contributed by atoms with van der Waals surface area (Å²) in [5.74, 6) is 0. The topological polar surface area (TPSA) is 190 Å². The predicted octanol–water partition coefficient (Wildman–Crippen LogP) is -7.35. The molecule has 0 aliphatic rings. The minimum Gasteiger partial charge on any atom is -0.652 e. The van der Waals surface area contributed by atoms with Crippen LogP contribution in [0.3, 0.4) is 0 Å². The Kier molecular flexibility index (Phi) is 47.4. The van der Waals surface area contributed by atoms with Crippen LogP contribution in [0.5, 0.6) is 0 Å². The van der Waals surface area contributed by atoms with Crippen molar-refractivity contribution in [2.75, 3.05) is 0 Å². The van der Waals surface area contributed by atoms with Gasteiger partial charge in [-0.1, -0.05) is 0 Å². The van der Waals surface area contributed by atoms with Gasteiger partial charge in [-0.25, -0.2) is 0 Å². The zero-order valence-corrected chi connectivity index (χ0v) is 9.36.